The SMILES string of the molecule is CSCCN(C(=O)OC(C)(C)C)C1CCCCNC1=O. The molecule has 6 heteroatoms. The number of carbonyl (C=O) groups is 2. The first kappa shape index (κ1) is 17.1. The molecule has 0 aromatic heterocycles. The molecule has 116 valence electrons. The maximum Gasteiger partial charge on any atom is 0.410 e. The zero-order valence-electron chi connectivity index (χ0n) is 12.9. The van der Waals surface area contributed by atoms with Crippen LogP contribution in [0.5, 0.6) is 0 Å². The first-order valence-electron chi connectivity index (χ1n) is 7.11. The minimum absolute atomic E-state index is 0.0607. The first-order chi connectivity index (χ1) is 9.35. The number of amides is 2. The van der Waals surface area contributed by atoms with Crippen molar-refractivity contribution in [3.8, 4) is 0 Å². The molecule has 2 amide bonds. The molecule has 0 aromatic rings. The van der Waals surface area contributed by atoms with Crippen molar-refractivity contribution in [2.75, 3.05) is 25.1 Å². The summed E-state index contributed by atoms with van der Waals surface area (Å²) in [5.41, 5.74) is -0.546. The molecule has 0 aromatic carbocycles. The highest BCUT2D eigenvalue weighted by Gasteiger charge is 2.33. The summed E-state index contributed by atoms with van der Waals surface area (Å²) in [6.45, 7) is 6.74. The van der Waals surface area contributed by atoms with E-state index in [2.05, 4.69) is 5.32 Å². The van der Waals surface area contributed by atoms with E-state index in [1.807, 2.05) is 27.0 Å². The van der Waals surface area contributed by atoms with Crippen molar-refractivity contribution in [2.24, 2.45) is 0 Å². The molecule has 1 N–H and O–H groups in total. The maximum atomic E-state index is 12.3. The molecule has 1 atom stereocenters. The fourth-order valence-corrected chi connectivity index (χ4v) is 2.48. The Balaban J connectivity index is 2.80. The Bertz CT molecular complexity index is 342. The van der Waals surface area contributed by atoms with Crippen LogP contribution in [-0.4, -0.2) is 53.6 Å². The molecule has 1 aliphatic heterocycles. The molecule has 1 unspecified atom stereocenters. The fourth-order valence-electron chi connectivity index (χ4n) is 2.11. The maximum absolute atomic E-state index is 12.3. The molecule has 20 heavy (non-hydrogen) atoms. The molecule has 0 bridgehead atoms. The number of ether oxygens (including phenoxy) is 1. The number of rotatable bonds is 4. The molecular formula is C14H26N2O3S. The normalized spacial score (nSPS) is 20.0. The standard InChI is InChI=1S/C14H26N2O3S/c1-14(2,3)19-13(18)16(9-10-20-4)11-7-5-6-8-15-12(11)17/h11H,5-10H2,1-4H3,(H,15,17). The molecule has 1 rings (SSSR count). The first-order valence-corrected chi connectivity index (χ1v) is 8.51. The molecule has 0 aliphatic carbocycles. The minimum Gasteiger partial charge on any atom is -0.444 e. The van der Waals surface area contributed by atoms with E-state index in [0.717, 1.165) is 18.6 Å². The van der Waals surface area contributed by atoms with Crippen LogP contribution >= 0.6 is 11.8 Å². The molecule has 0 saturated carbocycles. The van der Waals surface area contributed by atoms with Crippen LogP contribution in [0.1, 0.15) is 40.0 Å². The van der Waals surface area contributed by atoms with Gasteiger partial charge in [-0.25, -0.2) is 4.79 Å². The van der Waals surface area contributed by atoms with Gasteiger partial charge in [0.05, 0.1) is 0 Å². The van der Waals surface area contributed by atoms with Crippen molar-refractivity contribution in [2.45, 2.75) is 51.7 Å². The second-order valence-corrected chi connectivity index (χ2v) is 6.95. The van der Waals surface area contributed by atoms with E-state index >= 15 is 0 Å². The number of hydrogen-bond acceptors (Lipinski definition) is 4. The zero-order valence-corrected chi connectivity index (χ0v) is 13.7. The van der Waals surface area contributed by atoms with E-state index in [0.29, 0.717) is 19.5 Å². The summed E-state index contributed by atoms with van der Waals surface area (Å²) in [5, 5.41) is 2.87. The lowest BCUT2D eigenvalue weighted by Gasteiger charge is -2.32. The highest BCUT2D eigenvalue weighted by molar-refractivity contribution is 7.98. The fraction of sp³-hybridized carbons (Fsp3) is 0.857. The van der Waals surface area contributed by atoms with Gasteiger partial charge in [0.2, 0.25) is 5.91 Å². The molecule has 0 spiro atoms. The summed E-state index contributed by atoms with van der Waals surface area (Å²) in [5.74, 6) is 0.734. The number of hydrogen-bond donors (Lipinski definition) is 1. The highest BCUT2D eigenvalue weighted by atomic mass is 32.2. The summed E-state index contributed by atoms with van der Waals surface area (Å²) in [4.78, 5) is 26.0. The molecule has 0 radical (unpaired) electrons. The van der Waals surface area contributed by atoms with Crippen LogP contribution in [0.4, 0.5) is 4.79 Å². The van der Waals surface area contributed by atoms with Crippen LogP contribution < -0.4 is 5.32 Å². The predicted molar refractivity (Wildman–Crippen MR) is 82.0 cm³/mol. The summed E-state index contributed by atoms with van der Waals surface area (Å²) in [7, 11) is 0. The smallest absolute Gasteiger partial charge is 0.410 e. The van der Waals surface area contributed by atoms with Crippen molar-refractivity contribution >= 4 is 23.8 Å². The predicted octanol–water partition coefficient (Wildman–Crippen LogP) is 2.26. The highest BCUT2D eigenvalue weighted by Crippen LogP contribution is 2.17. The molecule has 1 saturated heterocycles. The Kier molecular flexibility index (Phi) is 6.65. The van der Waals surface area contributed by atoms with Gasteiger partial charge in [-0.3, -0.25) is 9.69 Å². The average molecular weight is 302 g/mol. The van der Waals surface area contributed by atoms with Crippen LogP contribution in [-0.2, 0) is 9.53 Å². The Morgan fingerprint density at radius 2 is 2.15 bits per heavy atom. The number of thioether (sulfide) groups is 1. The molecule has 1 heterocycles. The third-order valence-electron chi connectivity index (χ3n) is 3.05. The lowest BCUT2D eigenvalue weighted by atomic mass is 10.1. The van der Waals surface area contributed by atoms with E-state index in [9.17, 15) is 9.59 Å². The van der Waals surface area contributed by atoms with E-state index in [4.69, 9.17) is 4.74 Å². The van der Waals surface area contributed by atoms with E-state index in [1.54, 1.807) is 16.7 Å². The van der Waals surface area contributed by atoms with Gasteiger partial charge in [-0.05, 0) is 46.3 Å². The van der Waals surface area contributed by atoms with Gasteiger partial charge in [0.15, 0.2) is 0 Å². The van der Waals surface area contributed by atoms with Crippen LogP contribution in [0.3, 0.4) is 0 Å². The Hall–Kier alpha value is -0.910. The van der Waals surface area contributed by atoms with Gasteiger partial charge in [0, 0.05) is 18.8 Å². The third-order valence-corrected chi connectivity index (χ3v) is 3.64. The zero-order chi connectivity index (χ0) is 15.2. The van der Waals surface area contributed by atoms with Crippen molar-refractivity contribution in [1.82, 2.24) is 10.2 Å². The van der Waals surface area contributed by atoms with Gasteiger partial charge in [0.1, 0.15) is 11.6 Å². The summed E-state index contributed by atoms with van der Waals surface area (Å²) in [6, 6.07) is -0.403. The van der Waals surface area contributed by atoms with E-state index in [1.165, 1.54) is 0 Å². The van der Waals surface area contributed by atoms with Gasteiger partial charge < -0.3 is 10.1 Å². The van der Waals surface area contributed by atoms with Gasteiger partial charge in [-0.15, -0.1) is 0 Å². The van der Waals surface area contributed by atoms with Gasteiger partial charge >= 0.3 is 6.09 Å². The Labute approximate surface area is 125 Å². The van der Waals surface area contributed by atoms with Crippen molar-refractivity contribution < 1.29 is 14.3 Å². The van der Waals surface area contributed by atoms with E-state index in [-0.39, 0.29) is 5.91 Å². The van der Waals surface area contributed by atoms with Crippen LogP contribution in [0.15, 0.2) is 0 Å². The van der Waals surface area contributed by atoms with Crippen molar-refractivity contribution in [3.63, 3.8) is 0 Å². The molecule has 5 nitrogen and oxygen atoms in total. The lowest BCUT2D eigenvalue weighted by Crippen LogP contribution is -2.51. The lowest BCUT2D eigenvalue weighted by molar-refractivity contribution is -0.126. The van der Waals surface area contributed by atoms with Crippen molar-refractivity contribution in [3.05, 3.63) is 0 Å². The molecule has 1 fully saturated rings. The molecule has 1 aliphatic rings. The summed E-state index contributed by atoms with van der Waals surface area (Å²) in [6.07, 6.45) is 4.21. The molecular weight excluding hydrogens is 276 g/mol. The number of nitrogens with zero attached hydrogens (tertiary/aromatic N) is 1. The Morgan fingerprint density at radius 1 is 1.45 bits per heavy atom. The van der Waals surface area contributed by atoms with Gasteiger partial charge in [-0.2, -0.15) is 11.8 Å². The second kappa shape index (κ2) is 7.76. The summed E-state index contributed by atoms with van der Waals surface area (Å²) < 4.78 is 5.44. The average Bonchev–Trinajstić information content (AvgIpc) is 2.53. The Morgan fingerprint density at radius 3 is 2.75 bits per heavy atom. The minimum atomic E-state index is -0.546. The van der Waals surface area contributed by atoms with Gasteiger partial charge in [0.25, 0.3) is 0 Å². The number of nitrogens with one attached hydrogen (secondary N) is 1. The van der Waals surface area contributed by atoms with Crippen LogP contribution in [0.2, 0.25) is 0 Å². The van der Waals surface area contributed by atoms with Crippen LogP contribution in [0, 0.1) is 0 Å². The van der Waals surface area contributed by atoms with E-state index < -0.39 is 17.7 Å². The third kappa shape index (κ3) is 5.61. The van der Waals surface area contributed by atoms with Crippen LogP contribution in [0.25, 0.3) is 0 Å². The largest absolute Gasteiger partial charge is 0.444 e. The number of carbonyl (C=O) groups excluding carboxylic acids is 2. The van der Waals surface area contributed by atoms with Gasteiger partial charge in [-0.1, -0.05) is 0 Å². The quantitative estimate of drug-likeness (QED) is 0.865. The second-order valence-electron chi connectivity index (χ2n) is 5.97. The topological polar surface area (TPSA) is 58.6 Å². The monoisotopic (exact) mass is 302 g/mol. The van der Waals surface area contributed by atoms with Crippen molar-refractivity contribution in [1.29, 1.82) is 0 Å². The summed E-state index contributed by atoms with van der Waals surface area (Å²) >= 11 is 1.65.